The number of carbonyl (C=O) groups is 2. The van der Waals surface area contributed by atoms with Gasteiger partial charge in [0.1, 0.15) is 23.9 Å². The minimum Gasteiger partial charge on any atom is -0.492 e. The molecular weight excluding hydrogens is 587 g/mol. The highest BCUT2D eigenvalue weighted by molar-refractivity contribution is 7.98. The molecule has 0 aliphatic heterocycles. The van der Waals surface area contributed by atoms with Crippen LogP contribution in [-0.2, 0) is 21.7 Å². The zero-order valence-electron chi connectivity index (χ0n) is 23.6. The van der Waals surface area contributed by atoms with Gasteiger partial charge in [0.15, 0.2) is 6.10 Å². The first kappa shape index (κ1) is 33.6. The van der Waals surface area contributed by atoms with E-state index in [1.54, 1.807) is 43.0 Å². The molecule has 3 aromatic carbocycles. The monoisotopic (exact) mass is 621 g/mol. The van der Waals surface area contributed by atoms with Gasteiger partial charge in [-0.25, -0.2) is 9.59 Å². The minimum atomic E-state index is -4.82. The summed E-state index contributed by atoms with van der Waals surface area (Å²) < 4.78 is 57.7. The Morgan fingerprint density at radius 3 is 2.16 bits per heavy atom. The molecule has 0 aliphatic rings. The van der Waals surface area contributed by atoms with Gasteiger partial charge < -0.3 is 29.0 Å². The number of amides is 1. The van der Waals surface area contributed by atoms with Crippen LogP contribution in [0.3, 0.4) is 0 Å². The van der Waals surface area contributed by atoms with Crippen LogP contribution in [0, 0.1) is 0 Å². The van der Waals surface area contributed by atoms with Gasteiger partial charge in [-0.3, -0.25) is 0 Å². The van der Waals surface area contributed by atoms with Crippen molar-refractivity contribution in [2.45, 2.75) is 38.0 Å². The quantitative estimate of drug-likeness (QED) is 0.164. The molecular formula is C31H34F3NO7S. The Kier molecular flexibility index (Phi) is 13.5. The van der Waals surface area contributed by atoms with Gasteiger partial charge in [-0.2, -0.15) is 11.8 Å². The fourth-order valence-electron chi connectivity index (χ4n) is 3.92. The molecule has 232 valence electrons. The molecule has 43 heavy (non-hydrogen) atoms. The number of rotatable bonds is 17. The number of carbonyl (C=O) groups excluding carboxylic acids is 1. The molecule has 3 aromatic rings. The van der Waals surface area contributed by atoms with Gasteiger partial charge in [0.05, 0.1) is 6.54 Å². The van der Waals surface area contributed by atoms with Gasteiger partial charge in [-0.05, 0) is 66.6 Å². The van der Waals surface area contributed by atoms with Crippen LogP contribution in [0.4, 0.5) is 18.0 Å². The van der Waals surface area contributed by atoms with Crippen LogP contribution in [0.5, 0.6) is 17.2 Å². The predicted molar refractivity (Wildman–Crippen MR) is 157 cm³/mol. The Hall–Kier alpha value is -3.90. The Bertz CT molecular complexity index is 1260. The van der Waals surface area contributed by atoms with Crippen LogP contribution in [0.15, 0.2) is 78.9 Å². The number of alkyl halides is 3. The van der Waals surface area contributed by atoms with Crippen molar-refractivity contribution in [2.75, 3.05) is 32.1 Å². The lowest BCUT2D eigenvalue weighted by molar-refractivity contribution is -0.274. The van der Waals surface area contributed by atoms with Crippen LogP contribution >= 0.6 is 11.8 Å². The molecule has 0 spiro atoms. The Labute approximate surface area is 252 Å². The largest absolute Gasteiger partial charge is 0.573 e. The highest BCUT2D eigenvalue weighted by atomic mass is 32.2. The summed E-state index contributed by atoms with van der Waals surface area (Å²) in [4.78, 5) is 25.8. The summed E-state index contributed by atoms with van der Waals surface area (Å²) in [6.45, 7) is 2.76. The van der Waals surface area contributed by atoms with Crippen LogP contribution < -0.4 is 14.2 Å². The molecule has 3 rings (SSSR count). The van der Waals surface area contributed by atoms with Crippen molar-refractivity contribution in [3.63, 3.8) is 0 Å². The van der Waals surface area contributed by atoms with Gasteiger partial charge in [-0.1, -0.05) is 42.5 Å². The molecule has 12 heteroatoms. The van der Waals surface area contributed by atoms with Crippen molar-refractivity contribution in [3.05, 3.63) is 90.0 Å². The Morgan fingerprint density at radius 2 is 1.53 bits per heavy atom. The molecule has 0 aliphatic carbocycles. The van der Waals surface area contributed by atoms with Gasteiger partial charge in [-0.15, -0.1) is 13.2 Å². The van der Waals surface area contributed by atoms with Gasteiger partial charge in [0, 0.05) is 25.3 Å². The molecule has 1 unspecified atom stereocenters. The third-order valence-electron chi connectivity index (χ3n) is 5.97. The van der Waals surface area contributed by atoms with Crippen molar-refractivity contribution in [3.8, 4) is 17.2 Å². The summed E-state index contributed by atoms with van der Waals surface area (Å²) in [5.41, 5.74) is 1.98. The standard InChI is InChI=1S/C31H34F3NO7S/c1-2-39-28(29(36)37)21-23-9-11-25(12-10-23)40-19-18-35(17-6-20-43-22-24-7-4-3-5-8-24)30(38)41-26-13-15-27(16-14-26)42-31(32,33)34/h3-5,7-16,28H,2,6,17-22H2,1H3,(H,36,37). The third-order valence-corrected chi connectivity index (χ3v) is 7.08. The van der Waals surface area contributed by atoms with E-state index in [1.165, 1.54) is 22.6 Å². The first-order valence-corrected chi connectivity index (χ1v) is 14.8. The van der Waals surface area contributed by atoms with Crippen LogP contribution in [0.2, 0.25) is 0 Å². The average Bonchev–Trinajstić information content (AvgIpc) is 2.97. The van der Waals surface area contributed by atoms with Gasteiger partial charge in [0.25, 0.3) is 0 Å². The fraction of sp³-hybridized carbons (Fsp3) is 0.355. The maximum absolute atomic E-state index is 13.0. The lowest BCUT2D eigenvalue weighted by Crippen LogP contribution is -2.37. The number of carboxylic acid groups (broad SMARTS) is 1. The van der Waals surface area contributed by atoms with Crippen LogP contribution in [0.1, 0.15) is 24.5 Å². The topological polar surface area (TPSA) is 94.5 Å². The molecule has 0 radical (unpaired) electrons. The second kappa shape index (κ2) is 17.3. The number of thioether (sulfide) groups is 1. The minimum absolute atomic E-state index is 0.0752. The van der Waals surface area contributed by atoms with E-state index in [0.29, 0.717) is 25.3 Å². The van der Waals surface area contributed by atoms with E-state index < -0.39 is 30.3 Å². The molecule has 1 amide bonds. The first-order valence-electron chi connectivity index (χ1n) is 13.6. The Morgan fingerprint density at radius 1 is 0.884 bits per heavy atom. The summed E-state index contributed by atoms with van der Waals surface area (Å²) in [6, 6.07) is 21.6. The van der Waals surface area contributed by atoms with E-state index >= 15 is 0 Å². The number of nitrogens with zero attached hydrogens (tertiary/aromatic N) is 1. The number of carboxylic acids is 1. The number of aliphatic carboxylic acids is 1. The molecule has 0 saturated heterocycles. The zero-order chi connectivity index (χ0) is 31.1. The molecule has 0 bridgehead atoms. The number of benzene rings is 3. The maximum atomic E-state index is 13.0. The average molecular weight is 622 g/mol. The lowest BCUT2D eigenvalue weighted by atomic mass is 10.1. The first-order chi connectivity index (χ1) is 20.6. The Balaban J connectivity index is 1.54. The second-order valence-electron chi connectivity index (χ2n) is 9.24. The highest BCUT2D eigenvalue weighted by Gasteiger charge is 2.31. The number of hydrogen-bond acceptors (Lipinski definition) is 7. The lowest BCUT2D eigenvalue weighted by Gasteiger charge is -2.22. The zero-order valence-corrected chi connectivity index (χ0v) is 24.4. The highest BCUT2D eigenvalue weighted by Crippen LogP contribution is 2.25. The fourth-order valence-corrected chi connectivity index (χ4v) is 4.82. The normalized spacial score (nSPS) is 11.9. The molecule has 0 fully saturated rings. The van der Waals surface area contributed by atoms with E-state index in [4.69, 9.17) is 14.2 Å². The second-order valence-corrected chi connectivity index (χ2v) is 10.3. The molecule has 1 N–H and O–H groups in total. The van der Waals surface area contributed by atoms with E-state index in [-0.39, 0.29) is 25.3 Å². The molecule has 0 heterocycles. The summed E-state index contributed by atoms with van der Waals surface area (Å²) in [5.74, 6) is 0.803. The summed E-state index contributed by atoms with van der Waals surface area (Å²) >= 11 is 1.74. The summed E-state index contributed by atoms with van der Waals surface area (Å²) in [6.07, 6.45) is -5.51. The van der Waals surface area contributed by atoms with Crippen molar-refractivity contribution in [1.29, 1.82) is 0 Å². The smallest absolute Gasteiger partial charge is 0.492 e. The number of hydrogen-bond donors (Lipinski definition) is 1. The van der Waals surface area contributed by atoms with Gasteiger partial charge >= 0.3 is 18.4 Å². The van der Waals surface area contributed by atoms with Crippen molar-refractivity contribution < 1.29 is 46.8 Å². The van der Waals surface area contributed by atoms with E-state index in [0.717, 1.165) is 29.2 Å². The number of halogens is 3. The third kappa shape index (κ3) is 12.9. The molecule has 8 nitrogen and oxygen atoms in total. The summed E-state index contributed by atoms with van der Waals surface area (Å²) in [7, 11) is 0. The number of ether oxygens (including phenoxy) is 4. The predicted octanol–water partition coefficient (Wildman–Crippen LogP) is 6.82. The van der Waals surface area contributed by atoms with Crippen molar-refractivity contribution in [1.82, 2.24) is 4.90 Å². The van der Waals surface area contributed by atoms with Crippen LogP contribution in [0.25, 0.3) is 0 Å². The molecule has 1 atom stereocenters. The van der Waals surface area contributed by atoms with Gasteiger partial charge in [0.2, 0.25) is 0 Å². The maximum Gasteiger partial charge on any atom is 0.573 e. The van der Waals surface area contributed by atoms with Crippen LogP contribution in [-0.4, -0.2) is 66.6 Å². The van der Waals surface area contributed by atoms with E-state index in [2.05, 4.69) is 16.9 Å². The SMILES string of the molecule is CCOC(Cc1ccc(OCCN(CCCSCc2ccccc2)C(=O)Oc2ccc(OC(F)(F)F)cc2)cc1)C(=O)O. The van der Waals surface area contributed by atoms with Crippen molar-refractivity contribution >= 4 is 23.8 Å². The van der Waals surface area contributed by atoms with Crippen molar-refractivity contribution in [2.24, 2.45) is 0 Å². The molecule has 0 saturated carbocycles. The summed E-state index contributed by atoms with van der Waals surface area (Å²) in [5, 5.41) is 9.28. The molecule has 0 aromatic heterocycles. The van der Waals surface area contributed by atoms with E-state index in [9.17, 15) is 27.9 Å². The van der Waals surface area contributed by atoms with E-state index in [1.807, 2.05) is 18.2 Å².